The molecule has 0 aromatic heterocycles. The summed E-state index contributed by atoms with van der Waals surface area (Å²) >= 11 is 0. The van der Waals surface area contributed by atoms with Crippen LogP contribution in [-0.4, -0.2) is 0 Å². The van der Waals surface area contributed by atoms with E-state index < -0.39 is 5.54 Å². The van der Waals surface area contributed by atoms with E-state index >= 15 is 0 Å². The Morgan fingerprint density at radius 3 is 2.32 bits per heavy atom. The molecule has 0 radical (unpaired) electrons. The monoisotopic (exact) mass is 257 g/mol. The van der Waals surface area contributed by atoms with Crippen LogP contribution < -0.4 is 5.73 Å². The first-order valence-electron chi connectivity index (χ1n) is 6.68. The molecule has 1 nitrogen and oxygen atoms in total. The SMILES string of the molecule is CCCc1cccc(C(C)(N)c2cccc(F)c2)c1. The van der Waals surface area contributed by atoms with Crippen molar-refractivity contribution in [3.05, 3.63) is 71.0 Å². The lowest BCUT2D eigenvalue weighted by molar-refractivity contribution is 0.581. The Morgan fingerprint density at radius 2 is 1.68 bits per heavy atom. The van der Waals surface area contributed by atoms with Crippen LogP contribution in [0.2, 0.25) is 0 Å². The second-order valence-electron chi connectivity index (χ2n) is 5.16. The molecule has 2 heteroatoms. The minimum Gasteiger partial charge on any atom is -0.318 e. The average molecular weight is 257 g/mol. The molecule has 0 saturated carbocycles. The van der Waals surface area contributed by atoms with Crippen LogP contribution in [0.15, 0.2) is 48.5 Å². The third-order valence-corrected chi connectivity index (χ3v) is 3.49. The molecule has 0 amide bonds. The number of aryl methyl sites for hydroxylation is 1. The first kappa shape index (κ1) is 13.8. The Kier molecular flexibility index (Phi) is 4.01. The molecule has 1 unspecified atom stereocenters. The number of hydrogen-bond donors (Lipinski definition) is 1. The van der Waals surface area contributed by atoms with Gasteiger partial charge in [0.25, 0.3) is 0 Å². The second kappa shape index (κ2) is 5.54. The van der Waals surface area contributed by atoms with Gasteiger partial charge in [-0.1, -0.05) is 49.7 Å². The van der Waals surface area contributed by atoms with Gasteiger partial charge >= 0.3 is 0 Å². The van der Waals surface area contributed by atoms with E-state index in [0.717, 1.165) is 24.0 Å². The lowest BCUT2D eigenvalue weighted by Crippen LogP contribution is -2.34. The fourth-order valence-electron chi connectivity index (χ4n) is 2.32. The molecule has 2 aromatic carbocycles. The van der Waals surface area contributed by atoms with Gasteiger partial charge in [-0.15, -0.1) is 0 Å². The smallest absolute Gasteiger partial charge is 0.123 e. The predicted octanol–water partition coefficient (Wildman–Crippen LogP) is 4.00. The van der Waals surface area contributed by atoms with Gasteiger partial charge in [0.05, 0.1) is 5.54 Å². The van der Waals surface area contributed by atoms with Crippen molar-refractivity contribution in [2.45, 2.75) is 32.2 Å². The van der Waals surface area contributed by atoms with Crippen molar-refractivity contribution in [3.63, 3.8) is 0 Å². The molecule has 100 valence electrons. The normalized spacial score (nSPS) is 14.1. The van der Waals surface area contributed by atoms with Gasteiger partial charge < -0.3 is 5.73 Å². The van der Waals surface area contributed by atoms with Crippen LogP contribution in [0.5, 0.6) is 0 Å². The highest BCUT2D eigenvalue weighted by molar-refractivity contribution is 5.39. The number of nitrogens with two attached hydrogens (primary N) is 1. The highest BCUT2D eigenvalue weighted by Crippen LogP contribution is 2.27. The summed E-state index contributed by atoms with van der Waals surface area (Å²) in [6.45, 7) is 4.08. The Hall–Kier alpha value is -1.67. The summed E-state index contributed by atoms with van der Waals surface area (Å²) in [7, 11) is 0. The van der Waals surface area contributed by atoms with Gasteiger partial charge in [0.2, 0.25) is 0 Å². The van der Waals surface area contributed by atoms with E-state index in [9.17, 15) is 4.39 Å². The number of halogens is 1. The molecule has 1 atom stereocenters. The van der Waals surface area contributed by atoms with Crippen molar-refractivity contribution in [2.24, 2.45) is 5.73 Å². The van der Waals surface area contributed by atoms with Crippen LogP contribution in [0.25, 0.3) is 0 Å². The summed E-state index contributed by atoms with van der Waals surface area (Å²) in [5, 5.41) is 0. The van der Waals surface area contributed by atoms with Crippen LogP contribution in [0.1, 0.15) is 37.0 Å². The standard InChI is InChI=1S/C17H20FN/c1-3-6-13-7-4-8-14(11-13)17(2,19)15-9-5-10-16(18)12-15/h4-5,7-12H,3,6,19H2,1-2H3. The molecule has 0 saturated heterocycles. The molecule has 2 N–H and O–H groups in total. The van der Waals surface area contributed by atoms with Gasteiger partial charge in [0, 0.05) is 0 Å². The maximum atomic E-state index is 13.4. The van der Waals surface area contributed by atoms with Crippen molar-refractivity contribution in [2.75, 3.05) is 0 Å². The Balaban J connectivity index is 2.41. The van der Waals surface area contributed by atoms with Crippen molar-refractivity contribution >= 4 is 0 Å². The highest BCUT2D eigenvalue weighted by atomic mass is 19.1. The number of hydrogen-bond acceptors (Lipinski definition) is 1. The molecule has 0 aliphatic rings. The van der Waals surface area contributed by atoms with Gasteiger partial charge in [0.1, 0.15) is 5.82 Å². The summed E-state index contributed by atoms with van der Waals surface area (Å²) in [4.78, 5) is 0. The third-order valence-electron chi connectivity index (χ3n) is 3.49. The van der Waals surface area contributed by atoms with E-state index in [1.165, 1.54) is 17.7 Å². The molecule has 0 aliphatic carbocycles. The van der Waals surface area contributed by atoms with Crippen LogP contribution in [0, 0.1) is 5.82 Å². The van der Waals surface area contributed by atoms with Gasteiger partial charge in [-0.2, -0.15) is 0 Å². The van der Waals surface area contributed by atoms with E-state index in [-0.39, 0.29) is 5.82 Å². The Morgan fingerprint density at radius 1 is 1.05 bits per heavy atom. The fraction of sp³-hybridized carbons (Fsp3) is 0.294. The number of benzene rings is 2. The summed E-state index contributed by atoms with van der Waals surface area (Å²) < 4.78 is 13.4. The topological polar surface area (TPSA) is 26.0 Å². The Labute approximate surface area is 114 Å². The van der Waals surface area contributed by atoms with Gasteiger partial charge in [-0.25, -0.2) is 4.39 Å². The second-order valence-corrected chi connectivity index (χ2v) is 5.16. The van der Waals surface area contributed by atoms with E-state index in [1.54, 1.807) is 6.07 Å². The van der Waals surface area contributed by atoms with Crippen LogP contribution in [-0.2, 0) is 12.0 Å². The van der Waals surface area contributed by atoms with Gasteiger partial charge in [0.15, 0.2) is 0 Å². The van der Waals surface area contributed by atoms with Crippen LogP contribution in [0.4, 0.5) is 4.39 Å². The maximum absolute atomic E-state index is 13.4. The highest BCUT2D eigenvalue weighted by Gasteiger charge is 2.24. The zero-order valence-corrected chi connectivity index (χ0v) is 11.5. The quantitative estimate of drug-likeness (QED) is 0.880. The van der Waals surface area contributed by atoms with Crippen molar-refractivity contribution in [1.82, 2.24) is 0 Å². The molecule has 0 heterocycles. The molecule has 19 heavy (non-hydrogen) atoms. The van der Waals surface area contributed by atoms with Crippen LogP contribution >= 0.6 is 0 Å². The zero-order chi connectivity index (χ0) is 13.9. The maximum Gasteiger partial charge on any atom is 0.123 e. The minimum absolute atomic E-state index is 0.251. The summed E-state index contributed by atoms with van der Waals surface area (Å²) in [6, 6.07) is 14.8. The number of rotatable bonds is 4. The fourth-order valence-corrected chi connectivity index (χ4v) is 2.32. The van der Waals surface area contributed by atoms with Crippen molar-refractivity contribution < 1.29 is 4.39 Å². The van der Waals surface area contributed by atoms with E-state index in [2.05, 4.69) is 19.1 Å². The van der Waals surface area contributed by atoms with Crippen molar-refractivity contribution in [1.29, 1.82) is 0 Å². The molecule has 0 bridgehead atoms. The van der Waals surface area contributed by atoms with Gasteiger partial charge in [-0.3, -0.25) is 0 Å². The largest absolute Gasteiger partial charge is 0.318 e. The predicted molar refractivity (Wildman–Crippen MR) is 77.5 cm³/mol. The summed E-state index contributed by atoms with van der Waals surface area (Å²) in [5.74, 6) is -0.251. The minimum atomic E-state index is -0.675. The molecular formula is C17H20FN. The summed E-state index contributed by atoms with van der Waals surface area (Å²) in [6.07, 6.45) is 2.14. The van der Waals surface area contributed by atoms with Gasteiger partial charge in [-0.05, 0) is 42.2 Å². The molecule has 2 aromatic rings. The average Bonchev–Trinajstić information content (AvgIpc) is 2.39. The van der Waals surface area contributed by atoms with E-state index in [0.29, 0.717) is 0 Å². The van der Waals surface area contributed by atoms with Crippen molar-refractivity contribution in [3.8, 4) is 0 Å². The molecule has 0 fully saturated rings. The molecule has 2 rings (SSSR count). The lowest BCUT2D eigenvalue weighted by atomic mass is 9.84. The first-order valence-corrected chi connectivity index (χ1v) is 6.68. The first-order chi connectivity index (χ1) is 9.04. The molecule has 0 spiro atoms. The Bertz CT molecular complexity index is 561. The van der Waals surface area contributed by atoms with Crippen LogP contribution in [0.3, 0.4) is 0 Å². The molecule has 0 aliphatic heterocycles. The van der Waals surface area contributed by atoms with E-state index in [1.807, 2.05) is 25.1 Å². The zero-order valence-electron chi connectivity index (χ0n) is 11.5. The van der Waals surface area contributed by atoms with E-state index in [4.69, 9.17) is 5.73 Å². The lowest BCUT2D eigenvalue weighted by Gasteiger charge is -2.26. The summed E-state index contributed by atoms with van der Waals surface area (Å²) in [5.41, 5.74) is 8.83. The third kappa shape index (κ3) is 3.02. The molecular weight excluding hydrogens is 237 g/mol.